The van der Waals surface area contributed by atoms with E-state index in [1.165, 1.54) is 31.2 Å². The Kier molecular flexibility index (Phi) is 7.75. The molecular formula is C19H30O3. The average molecular weight is 306 g/mol. The van der Waals surface area contributed by atoms with Gasteiger partial charge in [-0.3, -0.25) is 0 Å². The van der Waals surface area contributed by atoms with Gasteiger partial charge in [-0.15, -0.1) is 0 Å². The Hall–Kier alpha value is -1.06. The summed E-state index contributed by atoms with van der Waals surface area (Å²) in [6.45, 7) is 6.49. The van der Waals surface area contributed by atoms with Gasteiger partial charge in [0.25, 0.3) is 0 Å². The van der Waals surface area contributed by atoms with Gasteiger partial charge in [-0.2, -0.15) is 0 Å². The molecule has 1 aromatic rings. The summed E-state index contributed by atoms with van der Waals surface area (Å²) in [4.78, 5) is 0. The highest BCUT2D eigenvalue weighted by Gasteiger charge is 2.23. The lowest BCUT2D eigenvalue weighted by Crippen LogP contribution is -2.31. The molecule has 124 valence electrons. The molecular weight excluding hydrogens is 276 g/mol. The van der Waals surface area contributed by atoms with E-state index in [0.717, 1.165) is 25.2 Å². The first-order valence-corrected chi connectivity index (χ1v) is 8.79. The Bertz CT molecular complexity index is 394. The lowest BCUT2D eigenvalue weighted by Gasteiger charge is -2.30. The molecule has 1 aromatic carbocycles. The van der Waals surface area contributed by atoms with Crippen LogP contribution in [-0.4, -0.2) is 25.9 Å². The maximum atomic E-state index is 5.99. The molecule has 0 amide bonds. The van der Waals surface area contributed by atoms with E-state index in [2.05, 4.69) is 26.0 Å². The largest absolute Gasteiger partial charge is 0.494 e. The number of benzene rings is 1. The molecule has 22 heavy (non-hydrogen) atoms. The number of ether oxygens (including phenoxy) is 3. The third-order valence-corrected chi connectivity index (χ3v) is 4.07. The number of rotatable bonds is 9. The maximum Gasteiger partial charge on any atom is 0.119 e. The third kappa shape index (κ3) is 5.62. The molecule has 3 nitrogen and oxygen atoms in total. The fraction of sp³-hybridized carbons (Fsp3) is 0.684. The van der Waals surface area contributed by atoms with E-state index in [1.54, 1.807) is 0 Å². The van der Waals surface area contributed by atoms with Crippen LogP contribution in [0, 0.1) is 0 Å². The van der Waals surface area contributed by atoms with Crippen molar-refractivity contribution in [3.63, 3.8) is 0 Å². The molecule has 0 spiro atoms. The highest BCUT2D eigenvalue weighted by Crippen LogP contribution is 2.26. The van der Waals surface area contributed by atoms with Crippen molar-refractivity contribution in [3.05, 3.63) is 29.8 Å². The van der Waals surface area contributed by atoms with Crippen LogP contribution in [0.4, 0.5) is 0 Å². The Morgan fingerprint density at radius 1 is 0.955 bits per heavy atom. The molecule has 1 aliphatic rings. The summed E-state index contributed by atoms with van der Waals surface area (Å²) in [6, 6.07) is 8.21. The minimum atomic E-state index is 0.0621. The van der Waals surface area contributed by atoms with Crippen molar-refractivity contribution in [2.24, 2.45) is 0 Å². The van der Waals surface area contributed by atoms with Gasteiger partial charge in [0.1, 0.15) is 11.9 Å². The zero-order chi connectivity index (χ0) is 15.6. The van der Waals surface area contributed by atoms with Crippen LogP contribution in [-0.2, 0) is 9.47 Å². The molecule has 0 bridgehead atoms. The van der Waals surface area contributed by atoms with Crippen molar-refractivity contribution in [1.82, 2.24) is 0 Å². The molecule has 1 saturated heterocycles. The summed E-state index contributed by atoms with van der Waals surface area (Å²) >= 11 is 0. The molecule has 2 rings (SSSR count). The topological polar surface area (TPSA) is 27.7 Å². The summed E-state index contributed by atoms with van der Waals surface area (Å²) in [5.41, 5.74) is 1.17. The van der Waals surface area contributed by atoms with Crippen LogP contribution in [0.15, 0.2) is 24.3 Å². The first-order chi connectivity index (χ1) is 10.8. The van der Waals surface area contributed by atoms with Crippen LogP contribution in [0.25, 0.3) is 0 Å². The first-order valence-electron chi connectivity index (χ1n) is 8.79. The van der Waals surface area contributed by atoms with Crippen LogP contribution in [0.2, 0.25) is 0 Å². The Morgan fingerprint density at radius 3 is 2.41 bits per heavy atom. The Labute approximate surface area is 135 Å². The van der Waals surface area contributed by atoms with Gasteiger partial charge in [-0.1, -0.05) is 51.7 Å². The molecule has 2 atom stereocenters. The lowest BCUT2D eigenvalue weighted by atomic mass is 10.1. The number of unbranched alkanes of at least 4 members (excludes halogenated alkanes) is 3. The molecule has 1 aliphatic heterocycles. The molecule has 0 N–H and O–H groups in total. The second-order valence-electron chi connectivity index (χ2n) is 6.04. The van der Waals surface area contributed by atoms with Crippen molar-refractivity contribution in [1.29, 1.82) is 0 Å². The zero-order valence-electron chi connectivity index (χ0n) is 14.1. The van der Waals surface area contributed by atoms with Gasteiger partial charge in [-0.05, 0) is 30.5 Å². The molecule has 0 aromatic heterocycles. The monoisotopic (exact) mass is 306 g/mol. The minimum absolute atomic E-state index is 0.0621. The fourth-order valence-corrected chi connectivity index (χ4v) is 2.70. The SMILES string of the molecule is CCCCCCC1COC(c2ccc(OCCC)cc2)CO1. The highest BCUT2D eigenvalue weighted by molar-refractivity contribution is 5.28. The average Bonchev–Trinajstić information content (AvgIpc) is 2.58. The van der Waals surface area contributed by atoms with E-state index in [0.29, 0.717) is 13.2 Å². The second kappa shape index (κ2) is 9.86. The highest BCUT2D eigenvalue weighted by atomic mass is 16.6. The molecule has 0 saturated carbocycles. The number of hydrogen-bond donors (Lipinski definition) is 0. The molecule has 1 heterocycles. The third-order valence-electron chi connectivity index (χ3n) is 4.07. The van der Waals surface area contributed by atoms with Crippen molar-refractivity contribution in [2.75, 3.05) is 19.8 Å². The van der Waals surface area contributed by atoms with E-state index < -0.39 is 0 Å². The van der Waals surface area contributed by atoms with Crippen LogP contribution in [0.3, 0.4) is 0 Å². The smallest absolute Gasteiger partial charge is 0.119 e. The van der Waals surface area contributed by atoms with Gasteiger partial charge in [0, 0.05) is 0 Å². The van der Waals surface area contributed by atoms with Crippen molar-refractivity contribution < 1.29 is 14.2 Å². The minimum Gasteiger partial charge on any atom is -0.494 e. The number of hydrogen-bond acceptors (Lipinski definition) is 3. The van der Waals surface area contributed by atoms with E-state index in [9.17, 15) is 0 Å². The van der Waals surface area contributed by atoms with Gasteiger partial charge in [0.15, 0.2) is 0 Å². The molecule has 3 heteroatoms. The van der Waals surface area contributed by atoms with Crippen LogP contribution < -0.4 is 4.74 Å². The normalized spacial score (nSPS) is 21.7. The van der Waals surface area contributed by atoms with Crippen LogP contribution in [0.1, 0.15) is 64.0 Å². The fourth-order valence-electron chi connectivity index (χ4n) is 2.70. The summed E-state index contributed by atoms with van der Waals surface area (Å²) < 4.78 is 17.6. The van der Waals surface area contributed by atoms with Crippen molar-refractivity contribution in [3.8, 4) is 5.75 Å². The molecule has 0 aliphatic carbocycles. The van der Waals surface area contributed by atoms with Gasteiger partial charge < -0.3 is 14.2 Å². The predicted octanol–water partition coefficient (Wildman–Crippen LogP) is 4.90. The Balaban J connectivity index is 1.72. The Morgan fingerprint density at radius 2 is 1.77 bits per heavy atom. The summed E-state index contributed by atoms with van der Waals surface area (Å²) in [5, 5.41) is 0. The molecule has 1 fully saturated rings. The van der Waals surface area contributed by atoms with E-state index in [1.807, 2.05) is 12.1 Å². The molecule has 0 radical (unpaired) electrons. The standard InChI is InChI=1S/C19H30O3/c1-3-5-6-7-8-18-14-22-19(15-21-18)16-9-11-17(12-10-16)20-13-4-2/h9-12,18-19H,3-8,13-15H2,1-2H3. The van der Waals surface area contributed by atoms with E-state index in [4.69, 9.17) is 14.2 Å². The van der Waals surface area contributed by atoms with Gasteiger partial charge in [-0.25, -0.2) is 0 Å². The summed E-state index contributed by atoms with van der Waals surface area (Å²) in [6.07, 6.45) is 7.64. The van der Waals surface area contributed by atoms with Gasteiger partial charge >= 0.3 is 0 Å². The second-order valence-corrected chi connectivity index (χ2v) is 6.04. The quantitative estimate of drug-likeness (QED) is 0.607. The zero-order valence-corrected chi connectivity index (χ0v) is 14.1. The predicted molar refractivity (Wildman–Crippen MR) is 89.4 cm³/mol. The van der Waals surface area contributed by atoms with Crippen LogP contribution in [0.5, 0.6) is 5.75 Å². The first kappa shape index (κ1) is 17.3. The lowest BCUT2D eigenvalue weighted by molar-refractivity contribution is -0.137. The van der Waals surface area contributed by atoms with Crippen molar-refractivity contribution >= 4 is 0 Å². The summed E-state index contributed by atoms with van der Waals surface area (Å²) in [7, 11) is 0. The van der Waals surface area contributed by atoms with E-state index >= 15 is 0 Å². The van der Waals surface area contributed by atoms with Crippen molar-refractivity contribution in [2.45, 2.75) is 64.6 Å². The van der Waals surface area contributed by atoms with Gasteiger partial charge in [0.05, 0.1) is 25.9 Å². The summed E-state index contributed by atoms with van der Waals surface area (Å²) in [5.74, 6) is 0.927. The van der Waals surface area contributed by atoms with Crippen LogP contribution >= 0.6 is 0 Å². The van der Waals surface area contributed by atoms with Gasteiger partial charge in [0.2, 0.25) is 0 Å². The van der Waals surface area contributed by atoms with E-state index in [-0.39, 0.29) is 12.2 Å². The molecule has 2 unspecified atom stereocenters. The maximum absolute atomic E-state index is 5.99.